The summed E-state index contributed by atoms with van der Waals surface area (Å²) in [5.74, 6) is 14.9. The van der Waals surface area contributed by atoms with Gasteiger partial charge in [0.15, 0.2) is 0 Å². The van der Waals surface area contributed by atoms with E-state index in [-0.39, 0.29) is 0 Å². The fraction of sp³-hybridized carbons (Fsp3) is 0.125. The van der Waals surface area contributed by atoms with Crippen molar-refractivity contribution in [2.75, 3.05) is 14.2 Å². The van der Waals surface area contributed by atoms with Gasteiger partial charge in [0.2, 0.25) is 11.2 Å². The number of ether oxygens (including phenoxy) is 2. The Balaban J connectivity index is 1.51. The first-order valence-corrected chi connectivity index (χ1v) is 11.6. The Morgan fingerprint density at radius 1 is 0.500 bits per heavy atom. The van der Waals surface area contributed by atoms with Crippen LogP contribution in [0.4, 0.5) is 0 Å². The second kappa shape index (κ2) is 8.63. The molecule has 0 N–H and O–H groups in total. The molecule has 4 aromatic carbocycles. The van der Waals surface area contributed by atoms with Gasteiger partial charge in [0, 0.05) is 33.4 Å². The Labute approximate surface area is 210 Å². The molecule has 174 valence electrons. The van der Waals surface area contributed by atoms with Gasteiger partial charge in [0.1, 0.15) is 11.5 Å². The summed E-state index contributed by atoms with van der Waals surface area (Å²) in [6, 6.07) is 31.4. The highest BCUT2D eigenvalue weighted by Crippen LogP contribution is 2.56. The van der Waals surface area contributed by atoms with Crippen molar-refractivity contribution in [1.82, 2.24) is 0 Å². The van der Waals surface area contributed by atoms with Crippen LogP contribution in [0.1, 0.15) is 33.4 Å². The quantitative estimate of drug-likeness (QED) is 0.284. The van der Waals surface area contributed by atoms with Crippen molar-refractivity contribution in [3.63, 3.8) is 0 Å². The molecule has 1 aliphatic carbocycles. The van der Waals surface area contributed by atoms with E-state index in [4.69, 9.17) is 19.2 Å². The van der Waals surface area contributed by atoms with Gasteiger partial charge < -0.3 is 9.47 Å². The second-order valence-electron chi connectivity index (χ2n) is 8.58. The van der Waals surface area contributed by atoms with Crippen LogP contribution in [0.3, 0.4) is 0 Å². The van der Waals surface area contributed by atoms with Gasteiger partial charge in [-0.25, -0.2) is 9.78 Å². The number of benzene rings is 4. The first kappa shape index (κ1) is 22.0. The summed E-state index contributed by atoms with van der Waals surface area (Å²) in [6.07, 6.45) is 0. The van der Waals surface area contributed by atoms with Crippen molar-refractivity contribution in [3.8, 4) is 35.2 Å². The smallest absolute Gasteiger partial charge is 0.215 e. The molecule has 0 spiro atoms. The van der Waals surface area contributed by atoms with E-state index in [0.29, 0.717) is 0 Å². The Kier molecular flexibility index (Phi) is 5.28. The predicted octanol–water partition coefficient (Wildman–Crippen LogP) is 5.57. The number of rotatable bonds is 2. The van der Waals surface area contributed by atoms with Crippen LogP contribution < -0.4 is 9.47 Å². The lowest BCUT2D eigenvalue weighted by Gasteiger charge is -2.49. The van der Waals surface area contributed by atoms with Crippen LogP contribution in [0.5, 0.6) is 11.5 Å². The SMILES string of the molecule is COc1ccc(C#CC23OOC(C#Cc4ccc(OC)cc4)(c4ccccc42)c2ccccc23)cc1. The average molecular weight is 471 g/mol. The van der Waals surface area contributed by atoms with Crippen molar-refractivity contribution in [2.24, 2.45) is 0 Å². The maximum Gasteiger partial charge on any atom is 0.215 e. The molecule has 0 saturated carbocycles. The van der Waals surface area contributed by atoms with Gasteiger partial charge in [-0.05, 0) is 60.4 Å². The first-order chi connectivity index (χ1) is 17.7. The molecular formula is C32H22O4. The van der Waals surface area contributed by atoms with Crippen LogP contribution in [0, 0.1) is 23.7 Å². The maximum absolute atomic E-state index is 6.19. The highest BCUT2D eigenvalue weighted by molar-refractivity contribution is 5.66. The lowest BCUT2D eigenvalue weighted by molar-refractivity contribution is -0.401. The summed E-state index contributed by atoms with van der Waals surface area (Å²) in [7, 11) is 3.29. The van der Waals surface area contributed by atoms with Crippen molar-refractivity contribution in [2.45, 2.75) is 11.2 Å². The van der Waals surface area contributed by atoms with E-state index >= 15 is 0 Å². The molecule has 7 rings (SSSR count). The van der Waals surface area contributed by atoms with Crippen LogP contribution >= 0.6 is 0 Å². The highest BCUT2D eigenvalue weighted by atomic mass is 17.2. The molecule has 0 saturated heterocycles. The van der Waals surface area contributed by atoms with Crippen LogP contribution in [0.15, 0.2) is 97.1 Å². The van der Waals surface area contributed by atoms with Crippen molar-refractivity contribution in [1.29, 1.82) is 0 Å². The molecule has 0 amide bonds. The third-order valence-electron chi connectivity index (χ3n) is 6.61. The van der Waals surface area contributed by atoms with E-state index in [1.165, 1.54) is 0 Å². The number of fused-ring (bicyclic) bond motifs is 1. The third kappa shape index (κ3) is 3.36. The van der Waals surface area contributed by atoms with Gasteiger partial charge >= 0.3 is 0 Å². The van der Waals surface area contributed by atoms with Crippen LogP contribution in [-0.2, 0) is 21.0 Å². The minimum Gasteiger partial charge on any atom is -0.497 e. The lowest BCUT2D eigenvalue weighted by atomic mass is 9.67. The van der Waals surface area contributed by atoms with Crippen molar-refractivity contribution >= 4 is 0 Å². The second-order valence-corrected chi connectivity index (χ2v) is 8.58. The minimum absolute atomic E-state index is 0.782. The Morgan fingerprint density at radius 3 is 1.14 bits per heavy atom. The zero-order chi connectivity index (χ0) is 24.6. The molecule has 0 radical (unpaired) electrons. The van der Waals surface area contributed by atoms with Gasteiger partial charge in [-0.1, -0.05) is 60.4 Å². The molecule has 0 atom stereocenters. The minimum atomic E-state index is -1.07. The fourth-order valence-electron chi connectivity index (χ4n) is 4.77. The Hall–Kier alpha value is -4.48. The normalized spacial score (nSPS) is 20.6. The summed E-state index contributed by atoms with van der Waals surface area (Å²) in [4.78, 5) is 12.4. The molecule has 2 heterocycles. The average Bonchev–Trinajstić information content (AvgIpc) is 2.96. The van der Waals surface area contributed by atoms with E-state index < -0.39 is 11.2 Å². The van der Waals surface area contributed by atoms with E-state index in [9.17, 15) is 0 Å². The van der Waals surface area contributed by atoms with Gasteiger partial charge in [0.05, 0.1) is 14.2 Å². The summed E-state index contributed by atoms with van der Waals surface area (Å²) in [5, 5.41) is 0. The molecule has 4 nitrogen and oxygen atoms in total. The number of hydrogen-bond donors (Lipinski definition) is 0. The van der Waals surface area contributed by atoms with Crippen molar-refractivity contribution < 1.29 is 19.2 Å². The summed E-state index contributed by atoms with van der Waals surface area (Å²) in [5.41, 5.74) is 3.28. The number of hydrogen-bond acceptors (Lipinski definition) is 4. The molecule has 0 unspecified atom stereocenters. The molecule has 3 aliphatic rings. The molecule has 36 heavy (non-hydrogen) atoms. The van der Waals surface area contributed by atoms with Crippen LogP contribution in [0.2, 0.25) is 0 Å². The third-order valence-corrected chi connectivity index (χ3v) is 6.61. The molecule has 0 fully saturated rings. The summed E-state index contributed by atoms with van der Waals surface area (Å²) >= 11 is 0. The number of methoxy groups -OCH3 is 2. The Morgan fingerprint density at radius 2 is 0.833 bits per heavy atom. The Bertz CT molecular complexity index is 1390. The van der Waals surface area contributed by atoms with E-state index in [0.717, 1.165) is 44.9 Å². The lowest BCUT2D eigenvalue weighted by Crippen LogP contribution is -2.51. The zero-order valence-corrected chi connectivity index (χ0v) is 19.9. The summed E-state index contributed by atoms with van der Waals surface area (Å²) < 4.78 is 10.5. The molecule has 4 aromatic rings. The van der Waals surface area contributed by atoms with Crippen LogP contribution in [0.25, 0.3) is 0 Å². The first-order valence-electron chi connectivity index (χ1n) is 11.6. The van der Waals surface area contributed by atoms with Crippen molar-refractivity contribution in [3.05, 3.63) is 130 Å². The molecular weight excluding hydrogens is 448 g/mol. The standard InChI is InChI=1S/C32H22O4/c1-33-25-15-11-23(12-16-25)19-21-31-27-7-3-5-9-29(27)32(36-35-31,30-10-6-4-8-28(30)31)22-20-24-13-17-26(34-2)18-14-24/h3-18H,1-2H3. The van der Waals surface area contributed by atoms with E-state index in [2.05, 4.69) is 23.7 Å². The van der Waals surface area contributed by atoms with E-state index in [1.54, 1.807) is 14.2 Å². The van der Waals surface area contributed by atoms with Gasteiger partial charge in [-0.15, -0.1) is 0 Å². The largest absolute Gasteiger partial charge is 0.497 e. The highest BCUT2D eigenvalue weighted by Gasteiger charge is 2.58. The molecule has 2 aliphatic heterocycles. The van der Waals surface area contributed by atoms with E-state index in [1.807, 2.05) is 97.1 Å². The predicted molar refractivity (Wildman–Crippen MR) is 136 cm³/mol. The van der Waals surface area contributed by atoms with Crippen LogP contribution in [-0.4, -0.2) is 14.2 Å². The van der Waals surface area contributed by atoms with Gasteiger partial charge in [-0.2, -0.15) is 0 Å². The molecule has 0 aromatic heterocycles. The van der Waals surface area contributed by atoms with Gasteiger partial charge in [-0.3, -0.25) is 0 Å². The summed E-state index contributed by atoms with van der Waals surface area (Å²) in [6.45, 7) is 0. The maximum atomic E-state index is 6.19. The molecule has 2 bridgehead atoms. The monoisotopic (exact) mass is 470 g/mol. The fourth-order valence-corrected chi connectivity index (χ4v) is 4.77. The topological polar surface area (TPSA) is 36.9 Å². The molecule has 4 heteroatoms. The van der Waals surface area contributed by atoms with Gasteiger partial charge in [0.25, 0.3) is 0 Å². The zero-order valence-electron chi connectivity index (χ0n) is 19.9.